The van der Waals surface area contributed by atoms with Crippen LogP contribution in [0.3, 0.4) is 0 Å². The summed E-state index contributed by atoms with van der Waals surface area (Å²) in [6.07, 6.45) is 0. The fourth-order valence-electron chi connectivity index (χ4n) is 3.07. The monoisotopic (exact) mass is 377 g/mol. The minimum atomic E-state index is -0.331. The number of hydrogen-bond donors (Lipinski definition) is 0. The van der Waals surface area contributed by atoms with E-state index in [9.17, 15) is 4.79 Å². The predicted octanol–water partition coefficient (Wildman–Crippen LogP) is 4.50. The number of thioether (sulfide) groups is 1. The summed E-state index contributed by atoms with van der Waals surface area (Å²) in [5, 5.41) is 10.4. The van der Waals surface area contributed by atoms with Gasteiger partial charge in [0.05, 0.1) is 0 Å². The Morgan fingerprint density at radius 3 is 2.67 bits per heavy atom. The van der Waals surface area contributed by atoms with Gasteiger partial charge in [0.2, 0.25) is 0 Å². The van der Waals surface area contributed by atoms with Crippen molar-refractivity contribution in [1.82, 2.24) is 14.8 Å². The highest BCUT2D eigenvalue weighted by Crippen LogP contribution is 2.28. The van der Waals surface area contributed by atoms with E-state index in [1.54, 1.807) is 17.8 Å². The molecule has 0 spiro atoms. The molecule has 0 bridgehead atoms. The van der Waals surface area contributed by atoms with Crippen LogP contribution in [0.4, 0.5) is 0 Å². The lowest BCUT2D eigenvalue weighted by atomic mass is 10.1. The molecule has 0 aliphatic rings. The van der Waals surface area contributed by atoms with Crippen molar-refractivity contribution in [2.45, 2.75) is 24.8 Å². The van der Waals surface area contributed by atoms with Gasteiger partial charge in [-0.25, -0.2) is 4.79 Å². The maximum atomic E-state index is 11.9. The van der Waals surface area contributed by atoms with Crippen LogP contribution < -0.4 is 5.63 Å². The molecule has 4 rings (SSSR count). The Morgan fingerprint density at radius 1 is 1.04 bits per heavy atom. The van der Waals surface area contributed by atoms with Crippen LogP contribution in [0.25, 0.3) is 22.4 Å². The van der Waals surface area contributed by atoms with E-state index in [2.05, 4.69) is 29.3 Å². The number of aryl methyl sites for hydroxylation is 2. The van der Waals surface area contributed by atoms with Crippen molar-refractivity contribution in [1.29, 1.82) is 0 Å². The molecular weight excluding hydrogens is 358 g/mol. The van der Waals surface area contributed by atoms with E-state index in [1.807, 2.05) is 48.9 Å². The Labute approximate surface area is 161 Å². The summed E-state index contributed by atoms with van der Waals surface area (Å²) in [6.45, 7) is 4.04. The second kappa shape index (κ2) is 7.04. The van der Waals surface area contributed by atoms with Crippen molar-refractivity contribution in [3.05, 3.63) is 75.6 Å². The molecule has 2 aromatic heterocycles. The number of nitrogens with zero attached hydrogens (tertiary/aromatic N) is 3. The summed E-state index contributed by atoms with van der Waals surface area (Å²) in [4.78, 5) is 11.9. The van der Waals surface area contributed by atoms with E-state index in [0.717, 1.165) is 33.1 Å². The topological polar surface area (TPSA) is 60.9 Å². The van der Waals surface area contributed by atoms with E-state index in [-0.39, 0.29) is 5.63 Å². The summed E-state index contributed by atoms with van der Waals surface area (Å²) < 4.78 is 7.32. The van der Waals surface area contributed by atoms with Gasteiger partial charge < -0.3 is 8.98 Å². The Bertz CT molecular complexity index is 1190. The summed E-state index contributed by atoms with van der Waals surface area (Å²) in [5.74, 6) is 1.44. The van der Waals surface area contributed by atoms with Crippen LogP contribution in [0.2, 0.25) is 0 Å². The van der Waals surface area contributed by atoms with Gasteiger partial charge in [-0.2, -0.15) is 0 Å². The van der Waals surface area contributed by atoms with Crippen LogP contribution in [0, 0.1) is 13.8 Å². The minimum absolute atomic E-state index is 0.331. The highest BCUT2D eigenvalue weighted by Gasteiger charge is 2.13. The molecule has 0 fully saturated rings. The molecule has 5 nitrogen and oxygen atoms in total. The number of hydrogen-bond acceptors (Lipinski definition) is 5. The van der Waals surface area contributed by atoms with E-state index in [0.29, 0.717) is 11.3 Å². The Hall–Kier alpha value is -2.86. The van der Waals surface area contributed by atoms with Crippen molar-refractivity contribution in [3.8, 4) is 11.4 Å². The standard InChI is InChI=1S/C21H19N3O2S/c1-13-5-4-6-15(9-13)20-22-23-21(24(20)3)27-12-16-11-19(25)26-18-10-14(2)7-8-17(16)18/h4-11H,12H2,1-3H3. The zero-order valence-corrected chi connectivity index (χ0v) is 16.2. The Kier molecular flexibility index (Phi) is 4.58. The molecular formula is C21H19N3O2S. The first kappa shape index (κ1) is 17.5. The van der Waals surface area contributed by atoms with Crippen LogP contribution in [-0.2, 0) is 12.8 Å². The average molecular weight is 377 g/mol. The molecule has 0 atom stereocenters. The summed E-state index contributed by atoms with van der Waals surface area (Å²) >= 11 is 1.56. The van der Waals surface area contributed by atoms with E-state index >= 15 is 0 Å². The van der Waals surface area contributed by atoms with Crippen molar-refractivity contribution >= 4 is 22.7 Å². The molecule has 0 aliphatic carbocycles. The fraction of sp³-hybridized carbons (Fsp3) is 0.190. The quantitative estimate of drug-likeness (QED) is 0.387. The molecule has 0 saturated heterocycles. The second-order valence-corrected chi connectivity index (χ2v) is 7.56. The first-order chi connectivity index (χ1) is 13.0. The first-order valence-corrected chi connectivity index (χ1v) is 9.62. The highest BCUT2D eigenvalue weighted by atomic mass is 32.2. The molecule has 136 valence electrons. The number of aromatic nitrogens is 3. The highest BCUT2D eigenvalue weighted by molar-refractivity contribution is 7.98. The molecule has 0 saturated carbocycles. The van der Waals surface area contributed by atoms with Gasteiger partial charge in [-0.1, -0.05) is 47.7 Å². The van der Waals surface area contributed by atoms with Gasteiger partial charge in [-0.15, -0.1) is 10.2 Å². The second-order valence-electron chi connectivity index (χ2n) is 6.61. The van der Waals surface area contributed by atoms with Crippen LogP contribution in [0.15, 0.2) is 62.9 Å². The fourth-order valence-corrected chi connectivity index (χ4v) is 3.98. The summed E-state index contributed by atoms with van der Waals surface area (Å²) in [7, 11) is 1.96. The van der Waals surface area contributed by atoms with Gasteiger partial charge >= 0.3 is 5.63 Å². The van der Waals surface area contributed by atoms with Gasteiger partial charge in [0.25, 0.3) is 0 Å². The Morgan fingerprint density at radius 2 is 1.85 bits per heavy atom. The lowest BCUT2D eigenvalue weighted by Gasteiger charge is -2.07. The van der Waals surface area contributed by atoms with Crippen molar-refractivity contribution < 1.29 is 4.42 Å². The minimum Gasteiger partial charge on any atom is -0.423 e. The molecule has 2 heterocycles. The lowest BCUT2D eigenvalue weighted by molar-refractivity contribution is 0.559. The number of benzene rings is 2. The van der Waals surface area contributed by atoms with Crippen molar-refractivity contribution in [2.75, 3.05) is 0 Å². The SMILES string of the molecule is Cc1cccc(-c2nnc(SCc3cc(=O)oc4cc(C)ccc34)n2C)c1. The van der Waals surface area contributed by atoms with Crippen LogP contribution in [0.5, 0.6) is 0 Å². The molecule has 4 aromatic rings. The van der Waals surface area contributed by atoms with Gasteiger partial charge in [-0.3, -0.25) is 0 Å². The first-order valence-electron chi connectivity index (χ1n) is 8.64. The van der Waals surface area contributed by atoms with E-state index in [4.69, 9.17) is 4.42 Å². The zero-order valence-electron chi connectivity index (χ0n) is 15.4. The zero-order chi connectivity index (χ0) is 19.0. The summed E-state index contributed by atoms with van der Waals surface area (Å²) in [6, 6.07) is 15.7. The Balaban J connectivity index is 1.63. The van der Waals surface area contributed by atoms with Crippen LogP contribution in [-0.4, -0.2) is 14.8 Å². The summed E-state index contributed by atoms with van der Waals surface area (Å²) in [5.41, 5.74) is 4.51. The largest absolute Gasteiger partial charge is 0.423 e. The van der Waals surface area contributed by atoms with Gasteiger partial charge in [0, 0.05) is 29.8 Å². The molecule has 27 heavy (non-hydrogen) atoms. The van der Waals surface area contributed by atoms with E-state index < -0.39 is 0 Å². The van der Waals surface area contributed by atoms with Gasteiger partial charge in [0.15, 0.2) is 11.0 Å². The molecule has 0 aliphatic heterocycles. The molecule has 2 aromatic carbocycles. The molecule has 0 unspecified atom stereocenters. The van der Waals surface area contributed by atoms with Gasteiger partial charge in [0.1, 0.15) is 5.58 Å². The maximum absolute atomic E-state index is 11.9. The predicted molar refractivity (Wildman–Crippen MR) is 108 cm³/mol. The number of rotatable bonds is 4. The smallest absolute Gasteiger partial charge is 0.336 e. The third kappa shape index (κ3) is 3.53. The molecule has 6 heteroatoms. The normalized spacial score (nSPS) is 11.2. The number of fused-ring (bicyclic) bond motifs is 1. The maximum Gasteiger partial charge on any atom is 0.336 e. The van der Waals surface area contributed by atoms with Crippen molar-refractivity contribution in [3.63, 3.8) is 0 Å². The molecule has 0 radical (unpaired) electrons. The van der Waals surface area contributed by atoms with E-state index in [1.165, 1.54) is 5.56 Å². The van der Waals surface area contributed by atoms with Crippen LogP contribution >= 0.6 is 11.8 Å². The van der Waals surface area contributed by atoms with Crippen molar-refractivity contribution in [2.24, 2.45) is 7.05 Å². The van der Waals surface area contributed by atoms with Crippen LogP contribution in [0.1, 0.15) is 16.7 Å². The molecule has 0 N–H and O–H groups in total. The lowest BCUT2D eigenvalue weighted by Crippen LogP contribution is -2.01. The average Bonchev–Trinajstić information content (AvgIpc) is 2.99. The van der Waals surface area contributed by atoms with Gasteiger partial charge in [-0.05, 0) is 37.1 Å². The molecule has 0 amide bonds. The third-order valence-electron chi connectivity index (χ3n) is 4.45. The third-order valence-corrected chi connectivity index (χ3v) is 5.52.